The van der Waals surface area contributed by atoms with Gasteiger partial charge in [0.15, 0.2) is 0 Å². The summed E-state index contributed by atoms with van der Waals surface area (Å²) in [6.45, 7) is 0.527. The highest BCUT2D eigenvalue weighted by Gasteiger charge is 2.21. The lowest BCUT2D eigenvalue weighted by Gasteiger charge is -2.19. The van der Waals surface area contributed by atoms with Gasteiger partial charge in [0.05, 0.1) is 10.6 Å². The van der Waals surface area contributed by atoms with Crippen molar-refractivity contribution in [3.63, 3.8) is 0 Å². The van der Waals surface area contributed by atoms with E-state index >= 15 is 0 Å². The minimum absolute atomic E-state index is 0.0932. The molecule has 0 amide bonds. The van der Waals surface area contributed by atoms with E-state index in [9.17, 15) is 13.5 Å². The fourth-order valence-corrected chi connectivity index (χ4v) is 3.15. The number of phenols is 1. The Hall–Kier alpha value is -2.05. The molecule has 21 heavy (non-hydrogen) atoms. The quantitative estimate of drug-likeness (QED) is 0.881. The molecule has 0 aliphatic heterocycles. The first-order chi connectivity index (χ1) is 9.95. The lowest BCUT2D eigenvalue weighted by atomic mass is 10.2. The van der Waals surface area contributed by atoms with Gasteiger partial charge in [-0.05, 0) is 54.9 Å². The Balaban J connectivity index is 2.30. The molecular weight excluding hydrogens is 288 g/mol. The highest BCUT2D eigenvalue weighted by molar-refractivity contribution is 7.92. The van der Waals surface area contributed by atoms with Crippen LogP contribution >= 0.6 is 0 Å². The molecule has 0 saturated carbocycles. The van der Waals surface area contributed by atoms with Crippen molar-refractivity contribution in [2.75, 3.05) is 17.9 Å². The van der Waals surface area contributed by atoms with Crippen LogP contribution in [0.4, 0.5) is 5.69 Å². The van der Waals surface area contributed by atoms with Gasteiger partial charge in [-0.15, -0.1) is 0 Å². The van der Waals surface area contributed by atoms with E-state index in [1.165, 1.54) is 23.5 Å². The largest absolute Gasteiger partial charge is 0.508 e. The van der Waals surface area contributed by atoms with Crippen LogP contribution in [-0.4, -0.2) is 27.1 Å². The average molecular weight is 306 g/mol. The zero-order chi connectivity index (χ0) is 15.5. The predicted octanol–water partition coefficient (Wildman–Crippen LogP) is 1.72. The molecule has 5 nitrogen and oxygen atoms in total. The summed E-state index contributed by atoms with van der Waals surface area (Å²) >= 11 is 0. The minimum atomic E-state index is -3.62. The van der Waals surface area contributed by atoms with Gasteiger partial charge in [-0.3, -0.25) is 4.31 Å². The second-order valence-corrected chi connectivity index (χ2v) is 6.64. The van der Waals surface area contributed by atoms with Crippen molar-refractivity contribution >= 4 is 15.7 Å². The summed E-state index contributed by atoms with van der Waals surface area (Å²) in [6, 6.07) is 12.7. The average Bonchev–Trinajstić information content (AvgIpc) is 2.48. The molecule has 2 aromatic carbocycles. The number of nitrogens with two attached hydrogens (primary N) is 1. The van der Waals surface area contributed by atoms with Crippen LogP contribution in [0.1, 0.15) is 5.56 Å². The number of hydrogen-bond acceptors (Lipinski definition) is 4. The Morgan fingerprint density at radius 2 is 1.62 bits per heavy atom. The number of rotatable bonds is 5. The van der Waals surface area contributed by atoms with Crippen molar-refractivity contribution < 1.29 is 13.5 Å². The van der Waals surface area contributed by atoms with Gasteiger partial charge >= 0.3 is 0 Å². The van der Waals surface area contributed by atoms with Gasteiger partial charge in [0.25, 0.3) is 10.0 Å². The summed E-state index contributed by atoms with van der Waals surface area (Å²) in [6.07, 6.45) is 0.716. The van der Waals surface area contributed by atoms with E-state index in [1.807, 2.05) is 0 Å². The summed E-state index contributed by atoms with van der Waals surface area (Å²) in [4.78, 5) is 0.221. The van der Waals surface area contributed by atoms with Gasteiger partial charge in [-0.1, -0.05) is 12.1 Å². The molecule has 0 bridgehead atoms. The SMILES string of the molecule is CN(c1ccc(O)cc1)S(=O)(=O)c1ccc(CCN)cc1. The summed E-state index contributed by atoms with van der Waals surface area (Å²) in [5.41, 5.74) is 6.96. The molecule has 6 heteroatoms. The van der Waals surface area contributed by atoms with E-state index in [0.29, 0.717) is 18.7 Å². The van der Waals surface area contributed by atoms with Gasteiger partial charge in [-0.25, -0.2) is 8.42 Å². The summed E-state index contributed by atoms with van der Waals surface area (Å²) in [5, 5.41) is 9.26. The zero-order valence-corrected chi connectivity index (χ0v) is 12.5. The standard InChI is InChI=1S/C15H18N2O3S/c1-17(13-4-6-14(18)7-5-13)21(19,20)15-8-2-12(3-9-15)10-11-16/h2-9,18H,10-11,16H2,1H3. The van der Waals surface area contributed by atoms with Gasteiger partial charge < -0.3 is 10.8 Å². The molecular formula is C15H18N2O3S. The van der Waals surface area contributed by atoms with Crippen LogP contribution < -0.4 is 10.0 Å². The maximum absolute atomic E-state index is 12.5. The first kappa shape index (κ1) is 15.3. The van der Waals surface area contributed by atoms with Crippen molar-refractivity contribution in [2.45, 2.75) is 11.3 Å². The molecule has 0 unspecified atom stereocenters. The van der Waals surface area contributed by atoms with Crippen LogP contribution in [0.15, 0.2) is 53.4 Å². The molecule has 0 aliphatic carbocycles. The number of aromatic hydroxyl groups is 1. The second-order valence-electron chi connectivity index (χ2n) is 4.67. The molecule has 0 spiro atoms. The summed E-state index contributed by atoms with van der Waals surface area (Å²) in [7, 11) is -2.13. The number of hydrogen-bond donors (Lipinski definition) is 2. The van der Waals surface area contributed by atoms with E-state index in [1.54, 1.807) is 36.4 Å². The molecule has 112 valence electrons. The molecule has 0 fully saturated rings. The number of nitrogens with zero attached hydrogens (tertiary/aromatic N) is 1. The lowest BCUT2D eigenvalue weighted by molar-refractivity contribution is 0.475. The van der Waals surface area contributed by atoms with Gasteiger partial charge in [-0.2, -0.15) is 0 Å². The van der Waals surface area contributed by atoms with Crippen LogP contribution in [0.3, 0.4) is 0 Å². The molecule has 2 rings (SSSR count). The Morgan fingerprint density at radius 1 is 1.05 bits per heavy atom. The van der Waals surface area contributed by atoms with E-state index in [2.05, 4.69) is 0 Å². The van der Waals surface area contributed by atoms with Crippen molar-refractivity contribution in [2.24, 2.45) is 5.73 Å². The molecule has 0 heterocycles. The highest BCUT2D eigenvalue weighted by atomic mass is 32.2. The third-order valence-corrected chi connectivity index (χ3v) is 5.03. The molecule has 0 aromatic heterocycles. The van der Waals surface area contributed by atoms with E-state index in [0.717, 1.165) is 5.56 Å². The molecule has 2 aromatic rings. The zero-order valence-electron chi connectivity index (χ0n) is 11.7. The molecule has 0 aliphatic rings. The molecule has 0 atom stereocenters. The normalized spacial score (nSPS) is 11.3. The fraction of sp³-hybridized carbons (Fsp3) is 0.200. The van der Waals surface area contributed by atoms with E-state index < -0.39 is 10.0 Å². The van der Waals surface area contributed by atoms with Crippen LogP contribution in [0, 0.1) is 0 Å². The third-order valence-electron chi connectivity index (χ3n) is 3.23. The fourth-order valence-electron chi connectivity index (χ4n) is 1.95. The number of sulfonamides is 1. The van der Waals surface area contributed by atoms with Crippen LogP contribution in [-0.2, 0) is 16.4 Å². The maximum atomic E-state index is 12.5. The van der Waals surface area contributed by atoms with Gasteiger partial charge in [0.2, 0.25) is 0 Å². The second kappa shape index (κ2) is 6.15. The van der Waals surface area contributed by atoms with Crippen LogP contribution in [0.5, 0.6) is 5.75 Å². The first-order valence-corrected chi connectivity index (χ1v) is 7.96. The van der Waals surface area contributed by atoms with Crippen molar-refractivity contribution in [3.05, 3.63) is 54.1 Å². The number of benzene rings is 2. The topological polar surface area (TPSA) is 83.6 Å². The first-order valence-electron chi connectivity index (χ1n) is 6.52. The van der Waals surface area contributed by atoms with Crippen molar-refractivity contribution in [3.8, 4) is 5.75 Å². The molecule has 0 radical (unpaired) electrons. The Labute approximate surface area is 124 Å². The summed E-state index contributed by atoms with van der Waals surface area (Å²) in [5.74, 6) is 0.0932. The van der Waals surface area contributed by atoms with Crippen molar-refractivity contribution in [1.82, 2.24) is 0 Å². The smallest absolute Gasteiger partial charge is 0.264 e. The van der Waals surface area contributed by atoms with E-state index in [4.69, 9.17) is 5.73 Å². The monoisotopic (exact) mass is 306 g/mol. The van der Waals surface area contributed by atoms with Crippen LogP contribution in [0.25, 0.3) is 0 Å². The lowest BCUT2D eigenvalue weighted by Crippen LogP contribution is -2.26. The third kappa shape index (κ3) is 3.34. The van der Waals surface area contributed by atoms with E-state index in [-0.39, 0.29) is 10.6 Å². The predicted molar refractivity (Wildman–Crippen MR) is 82.9 cm³/mol. The Kier molecular flexibility index (Phi) is 4.50. The van der Waals surface area contributed by atoms with Gasteiger partial charge in [0, 0.05) is 7.05 Å². The number of phenolic OH excluding ortho intramolecular Hbond substituents is 1. The van der Waals surface area contributed by atoms with Crippen LogP contribution in [0.2, 0.25) is 0 Å². The minimum Gasteiger partial charge on any atom is -0.508 e. The van der Waals surface area contributed by atoms with Gasteiger partial charge in [0.1, 0.15) is 5.75 Å². The highest BCUT2D eigenvalue weighted by Crippen LogP contribution is 2.24. The number of anilines is 1. The van der Waals surface area contributed by atoms with Crippen molar-refractivity contribution in [1.29, 1.82) is 0 Å². The Morgan fingerprint density at radius 3 is 2.14 bits per heavy atom. The Bertz CT molecular complexity index is 695. The molecule has 3 N–H and O–H groups in total. The molecule has 0 saturated heterocycles. The maximum Gasteiger partial charge on any atom is 0.264 e. The summed E-state index contributed by atoms with van der Waals surface area (Å²) < 4.78 is 26.2.